The summed E-state index contributed by atoms with van der Waals surface area (Å²) in [5, 5.41) is 17.2. The maximum atomic E-state index is 9.11. The van der Waals surface area contributed by atoms with Crippen LogP contribution in [-0.2, 0) is 12.0 Å². The number of hydrogen-bond donors (Lipinski definition) is 2. The van der Waals surface area contributed by atoms with Crippen LogP contribution < -0.4 is 0 Å². The molecule has 1 aromatic rings. The Labute approximate surface area is 78.5 Å². The first-order valence-electron chi connectivity index (χ1n) is 4.34. The molecule has 0 bridgehead atoms. The molecule has 0 aromatic carbocycles. The fourth-order valence-electron chi connectivity index (χ4n) is 1.33. The third-order valence-electron chi connectivity index (χ3n) is 1.87. The molecule has 1 heterocycles. The summed E-state index contributed by atoms with van der Waals surface area (Å²) in [5.41, 5.74) is 2.16. The van der Waals surface area contributed by atoms with Crippen LogP contribution in [-0.4, -0.2) is 27.5 Å². The van der Waals surface area contributed by atoms with E-state index >= 15 is 0 Å². The number of rotatable bonds is 2. The number of aromatic amines is 1. The van der Waals surface area contributed by atoms with Gasteiger partial charge in [-0.15, -0.1) is 0 Å². The average Bonchev–Trinajstić information content (AvgIpc) is 2.31. The Morgan fingerprint density at radius 1 is 1.54 bits per heavy atom. The first-order chi connectivity index (χ1) is 5.91. The lowest BCUT2D eigenvalue weighted by Gasteiger charge is -2.19. The van der Waals surface area contributed by atoms with E-state index in [1.807, 2.05) is 0 Å². The molecular weight excluding hydrogens is 166 g/mol. The van der Waals surface area contributed by atoms with Gasteiger partial charge in [-0.1, -0.05) is 20.8 Å². The van der Waals surface area contributed by atoms with Gasteiger partial charge in [-0.3, -0.25) is 5.10 Å². The molecule has 0 saturated carbocycles. The standard InChI is InChI=1S/C9H17N3O/c1-9(2,3)8-7(5-10-11-8)6-12(4)13/h5,13H,6H2,1-4H3,(H,10,11). The van der Waals surface area contributed by atoms with Gasteiger partial charge in [0.15, 0.2) is 0 Å². The molecule has 0 unspecified atom stereocenters. The van der Waals surface area contributed by atoms with Gasteiger partial charge in [0, 0.05) is 23.7 Å². The van der Waals surface area contributed by atoms with E-state index in [2.05, 4.69) is 31.0 Å². The average molecular weight is 183 g/mol. The minimum Gasteiger partial charge on any atom is -0.314 e. The quantitative estimate of drug-likeness (QED) is 0.684. The van der Waals surface area contributed by atoms with Gasteiger partial charge in [-0.25, -0.2) is 0 Å². The smallest absolute Gasteiger partial charge is 0.0536 e. The van der Waals surface area contributed by atoms with E-state index in [1.54, 1.807) is 13.2 Å². The summed E-state index contributed by atoms with van der Waals surface area (Å²) in [6, 6.07) is 0. The zero-order valence-corrected chi connectivity index (χ0v) is 8.63. The Kier molecular flexibility index (Phi) is 2.73. The van der Waals surface area contributed by atoms with Crippen LogP contribution in [0.25, 0.3) is 0 Å². The molecule has 0 aliphatic carbocycles. The van der Waals surface area contributed by atoms with Crippen molar-refractivity contribution in [3.8, 4) is 0 Å². The molecule has 4 nitrogen and oxygen atoms in total. The molecule has 0 atom stereocenters. The SMILES string of the molecule is CN(O)Cc1cn[nH]c1C(C)(C)C. The summed E-state index contributed by atoms with van der Waals surface area (Å²) in [7, 11) is 1.62. The van der Waals surface area contributed by atoms with Gasteiger partial charge < -0.3 is 5.21 Å². The highest BCUT2D eigenvalue weighted by Crippen LogP contribution is 2.23. The monoisotopic (exact) mass is 183 g/mol. The molecule has 74 valence electrons. The molecule has 0 spiro atoms. The topological polar surface area (TPSA) is 52.1 Å². The first-order valence-corrected chi connectivity index (χ1v) is 4.34. The van der Waals surface area contributed by atoms with E-state index in [0.29, 0.717) is 6.54 Å². The summed E-state index contributed by atoms with van der Waals surface area (Å²) in [6.07, 6.45) is 1.76. The molecule has 1 aromatic heterocycles. The van der Waals surface area contributed by atoms with E-state index in [0.717, 1.165) is 16.3 Å². The fraction of sp³-hybridized carbons (Fsp3) is 0.667. The molecule has 0 aliphatic rings. The van der Waals surface area contributed by atoms with Crippen molar-refractivity contribution in [1.29, 1.82) is 0 Å². The summed E-state index contributed by atoms with van der Waals surface area (Å²) in [4.78, 5) is 0. The van der Waals surface area contributed by atoms with Gasteiger partial charge >= 0.3 is 0 Å². The third kappa shape index (κ3) is 2.54. The van der Waals surface area contributed by atoms with E-state index in [1.165, 1.54) is 0 Å². The van der Waals surface area contributed by atoms with Crippen molar-refractivity contribution in [1.82, 2.24) is 15.3 Å². The van der Waals surface area contributed by atoms with Gasteiger partial charge in [-0.2, -0.15) is 10.2 Å². The van der Waals surface area contributed by atoms with Crippen LogP contribution in [0.5, 0.6) is 0 Å². The molecule has 0 amide bonds. The van der Waals surface area contributed by atoms with Crippen LogP contribution in [0.3, 0.4) is 0 Å². The predicted octanol–water partition coefficient (Wildman–Crippen LogP) is 1.53. The number of hydroxylamine groups is 2. The number of nitrogens with zero attached hydrogens (tertiary/aromatic N) is 2. The van der Waals surface area contributed by atoms with Crippen molar-refractivity contribution < 1.29 is 5.21 Å². The van der Waals surface area contributed by atoms with Gasteiger partial charge in [0.25, 0.3) is 0 Å². The van der Waals surface area contributed by atoms with E-state index < -0.39 is 0 Å². The number of hydrogen-bond acceptors (Lipinski definition) is 3. The second kappa shape index (κ2) is 3.47. The van der Waals surface area contributed by atoms with Crippen LogP contribution in [0.2, 0.25) is 0 Å². The minimum absolute atomic E-state index is 0.0435. The number of nitrogens with one attached hydrogen (secondary N) is 1. The summed E-state index contributed by atoms with van der Waals surface area (Å²) >= 11 is 0. The van der Waals surface area contributed by atoms with Crippen LogP contribution in [0.1, 0.15) is 32.0 Å². The highest BCUT2D eigenvalue weighted by atomic mass is 16.5. The van der Waals surface area contributed by atoms with Crippen molar-refractivity contribution in [2.45, 2.75) is 32.7 Å². The minimum atomic E-state index is 0.0435. The molecule has 0 radical (unpaired) electrons. The van der Waals surface area contributed by atoms with Crippen molar-refractivity contribution in [3.63, 3.8) is 0 Å². The number of aromatic nitrogens is 2. The summed E-state index contributed by atoms with van der Waals surface area (Å²) in [5.74, 6) is 0. The Morgan fingerprint density at radius 2 is 2.15 bits per heavy atom. The lowest BCUT2D eigenvalue weighted by molar-refractivity contribution is -0.0734. The van der Waals surface area contributed by atoms with Crippen LogP contribution in [0, 0.1) is 0 Å². The molecule has 0 fully saturated rings. The molecule has 13 heavy (non-hydrogen) atoms. The molecule has 4 heteroatoms. The van der Waals surface area contributed by atoms with Gasteiger partial charge in [0.1, 0.15) is 0 Å². The highest BCUT2D eigenvalue weighted by molar-refractivity contribution is 5.22. The third-order valence-corrected chi connectivity index (χ3v) is 1.87. The van der Waals surface area contributed by atoms with Crippen LogP contribution in [0.4, 0.5) is 0 Å². The second-order valence-corrected chi connectivity index (χ2v) is 4.34. The van der Waals surface area contributed by atoms with Crippen molar-refractivity contribution in [2.75, 3.05) is 7.05 Å². The zero-order valence-electron chi connectivity index (χ0n) is 8.63. The Bertz CT molecular complexity index is 273. The molecule has 2 N–H and O–H groups in total. The first kappa shape index (κ1) is 10.2. The highest BCUT2D eigenvalue weighted by Gasteiger charge is 2.20. The lowest BCUT2D eigenvalue weighted by Crippen LogP contribution is -2.18. The molecule has 0 saturated heterocycles. The molecule has 0 aliphatic heterocycles. The van der Waals surface area contributed by atoms with E-state index in [4.69, 9.17) is 5.21 Å². The number of H-pyrrole nitrogens is 1. The van der Waals surface area contributed by atoms with Crippen molar-refractivity contribution in [2.24, 2.45) is 0 Å². The fourth-order valence-corrected chi connectivity index (χ4v) is 1.33. The second-order valence-electron chi connectivity index (χ2n) is 4.34. The maximum absolute atomic E-state index is 9.11. The maximum Gasteiger partial charge on any atom is 0.0536 e. The van der Waals surface area contributed by atoms with Gasteiger partial charge in [0.05, 0.1) is 12.7 Å². The van der Waals surface area contributed by atoms with Gasteiger partial charge in [0.2, 0.25) is 0 Å². The Balaban J connectivity index is 2.90. The normalized spacial score (nSPS) is 12.5. The van der Waals surface area contributed by atoms with Crippen LogP contribution >= 0.6 is 0 Å². The summed E-state index contributed by atoms with van der Waals surface area (Å²) in [6.45, 7) is 6.84. The Hall–Kier alpha value is -0.870. The van der Waals surface area contributed by atoms with Crippen molar-refractivity contribution in [3.05, 3.63) is 17.5 Å². The Morgan fingerprint density at radius 3 is 2.62 bits per heavy atom. The van der Waals surface area contributed by atoms with E-state index in [9.17, 15) is 0 Å². The molecular formula is C9H17N3O. The van der Waals surface area contributed by atoms with Gasteiger partial charge in [-0.05, 0) is 0 Å². The zero-order chi connectivity index (χ0) is 10.1. The van der Waals surface area contributed by atoms with Crippen molar-refractivity contribution >= 4 is 0 Å². The van der Waals surface area contributed by atoms with Crippen LogP contribution in [0.15, 0.2) is 6.20 Å². The molecule has 1 rings (SSSR count). The largest absolute Gasteiger partial charge is 0.314 e. The lowest BCUT2D eigenvalue weighted by atomic mass is 9.89. The van der Waals surface area contributed by atoms with E-state index in [-0.39, 0.29) is 5.41 Å². The predicted molar refractivity (Wildman–Crippen MR) is 50.5 cm³/mol. The summed E-state index contributed by atoms with van der Waals surface area (Å²) < 4.78 is 0.